The third kappa shape index (κ3) is 3.31. The molecule has 1 N–H and O–H groups in total. The molecule has 3 aromatic rings. The number of rotatable bonds is 4. The van der Waals surface area contributed by atoms with E-state index >= 15 is 0 Å². The van der Waals surface area contributed by atoms with Gasteiger partial charge in [0.2, 0.25) is 0 Å². The second-order valence-electron chi connectivity index (χ2n) is 5.29. The van der Waals surface area contributed by atoms with Crippen molar-refractivity contribution in [1.82, 2.24) is 5.32 Å². The van der Waals surface area contributed by atoms with Crippen LogP contribution in [0.5, 0.6) is 0 Å². The largest absolute Gasteiger partial charge is 0.451 e. The maximum atomic E-state index is 12.1. The first kappa shape index (κ1) is 14.7. The van der Waals surface area contributed by atoms with Gasteiger partial charge >= 0.3 is 0 Å². The summed E-state index contributed by atoms with van der Waals surface area (Å²) in [4.78, 5) is 12.1. The van der Waals surface area contributed by atoms with Gasteiger partial charge in [-0.25, -0.2) is 0 Å². The topological polar surface area (TPSA) is 42.2 Å². The van der Waals surface area contributed by atoms with Crippen LogP contribution in [0.25, 0.3) is 11.0 Å². The maximum Gasteiger partial charge on any atom is 0.287 e. The highest BCUT2D eigenvalue weighted by Gasteiger charge is 2.11. The Morgan fingerprint density at radius 1 is 1.18 bits per heavy atom. The molecule has 4 heteroatoms. The van der Waals surface area contributed by atoms with Crippen LogP contribution in [0.15, 0.2) is 52.9 Å². The number of hydrogen-bond acceptors (Lipinski definition) is 2. The molecule has 0 aliphatic carbocycles. The highest BCUT2D eigenvalue weighted by atomic mass is 35.5. The van der Waals surface area contributed by atoms with E-state index in [2.05, 4.69) is 5.32 Å². The number of benzene rings is 2. The Labute approximate surface area is 133 Å². The van der Waals surface area contributed by atoms with Gasteiger partial charge in [0, 0.05) is 17.0 Å². The summed E-state index contributed by atoms with van der Waals surface area (Å²) in [6, 6.07) is 15.3. The number of fused-ring (bicyclic) bond motifs is 1. The molecule has 3 nitrogen and oxygen atoms in total. The molecular weight excluding hydrogens is 298 g/mol. The summed E-state index contributed by atoms with van der Waals surface area (Å²) in [6.45, 7) is 2.53. The lowest BCUT2D eigenvalue weighted by Crippen LogP contribution is -2.25. The van der Waals surface area contributed by atoms with Gasteiger partial charge in [0.15, 0.2) is 5.76 Å². The Hall–Kier alpha value is -2.26. The van der Waals surface area contributed by atoms with Crippen LogP contribution in [0.1, 0.15) is 21.7 Å². The second-order valence-corrected chi connectivity index (χ2v) is 5.72. The SMILES string of the molecule is Cc1ccc2cc(C(=O)NCCc3cccc(Cl)c3)oc2c1. The molecule has 0 saturated carbocycles. The fraction of sp³-hybridized carbons (Fsp3) is 0.167. The van der Waals surface area contributed by atoms with E-state index in [-0.39, 0.29) is 5.91 Å². The molecule has 0 bridgehead atoms. The van der Waals surface area contributed by atoms with E-state index in [4.69, 9.17) is 16.0 Å². The zero-order chi connectivity index (χ0) is 15.5. The fourth-order valence-corrected chi connectivity index (χ4v) is 2.56. The van der Waals surface area contributed by atoms with E-state index in [0.717, 1.165) is 28.5 Å². The monoisotopic (exact) mass is 313 g/mol. The van der Waals surface area contributed by atoms with Gasteiger partial charge in [0.05, 0.1) is 0 Å². The molecule has 0 atom stereocenters. The number of halogens is 1. The number of furan rings is 1. The van der Waals surface area contributed by atoms with Crippen LogP contribution in [0, 0.1) is 6.92 Å². The average Bonchev–Trinajstić information content (AvgIpc) is 2.90. The summed E-state index contributed by atoms with van der Waals surface area (Å²) in [6.07, 6.45) is 0.728. The van der Waals surface area contributed by atoms with Crippen LogP contribution in [-0.2, 0) is 6.42 Å². The smallest absolute Gasteiger partial charge is 0.287 e. The molecule has 0 unspecified atom stereocenters. The number of hydrogen-bond donors (Lipinski definition) is 1. The van der Waals surface area contributed by atoms with Gasteiger partial charge in [-0.05, 0) is 48.7 Å². The summed E-state index contributed by atoms with van der Waals surface area (Å²) < 4.78 is 5.60. The molecule has 1 aromatic heterocycles. The van der Waals surface area contributed by atoms with Crippen molar-refractivity contribution in [2.24, 2.45) is 0 Å². The summed E-state index contributed by atoms with van der Waals surface area (Å²) in [5.41, 5.74) is 2.93. The molecule has 22 heavy (non-hydrogen) atoms. The molecular formula is C18H16ClNO2. The van der Waals surface area contributed by atoms with E-state index < -0.39 is 0 Å². The van der Waals surface area contributed by atoms with Crippen LogP contribution in [0.3, 0.4) is 0 Å². The van der Waals surface area contributed by atoms with Gasteiger partial charge in [-0.3, -0.25) is 4.79 Å². The number of nitrogens with one attached hydrogen (secondary N) is 1. The van der Waals surface area contributed by atoms with Crippen LogP contribution in [0.4, 0.5) is 0 Å². The van der Waals surface area contributed by atoms with Crippen molar-refractivity contribution >= 4 is 28.5 Å². The van der Waals surface area contributed by atoms with E-state index in [9.17, 15) is 4.79 Å². The lowest BCUT2D eigenvalue weighted by atomic mass is 10.1. The predicted octanol–water partition coefficient (Wildman–Crippen LogP) is 4.37. The lowest BCUT2D eigenvalue weighted by molar-refractivity contribution is 0.0928. The van der Waals surface area contributed by atoms with Crippen LogP contribution < -0.4 is 5.32 Å². The highest BCUT2D eigenvalue weighted by molar-refractivity contribution is 6.30. The van der Waals surface area contributed by atoms with E-state index in [0.29, 0.717) is 17.3 Å². The molecule has 0 spiro atoms. The van der Waals surface area contributed by atoms with E-state index in [1.165, 1.54) is 0 Å². The fourth-order valence-electron chi connectivity index (χ4n) is 2.35. The van der Waals surface area contributed by atoms with Gasteiger partial charge in [0.1, 0.15) is 5.58 Å². The van der Waals surface area contributed by atoms with E-state index in [1.54, 1.807) is 6.07 Å². The third-order valence-electron chi connectivity index (χ3n) is 3.49. The Balaban J connectivity index is 1.63. The second kappa shape index (κ2) is 6.24. The minimum atomic E-state index is -0.198. The van der Waals surface area contributed by atoms with Gasteiger partial charge in [-0.2, -0.15) is 0 Å². The summed E-state index contributed by atoms with van der Waals surface area (Å²) in [5.74, 6) is 0.141. The van der Waals surface area contributed by atoms with Gasteiger partial charge in [-0.1, -0.05) is 35.9 Å². The standard InChI is InChI=1S/C18H16ClNO2/c1-12-5-6-14-11-17(22-16(14)9-12)18(21)20-8-7-13-3-2-4-15(19)10-13/h2-6,9-11H,7-8H2,1H3,(H,20,21). The lowest BCUT2D eigenvalue weighted by Gasteiger charge is -2.03. The molecule has 0 saturated heterocycles. The molecule has 0 fully saturated rings. The van der Waals surface area contributed by atoms with Crippen molar-refractivity contribution in [3.05, 3.63) is 70.4 Å². The number of carbonyl (C=O) groups excluding carboxylic acids is 1. The quantitative estimate of drug-likeness (QED) is 0.777. The minimum Gasteiger partial charge on any atom is -0.451 e. The van der Waals surface area contributed by atoms with Crippen molar-refractivity contribution < 1.29 is 9.21 Å². The first-order valence-electron chi connectivity index (χ1n) is 7.15. The minimum absolute atomic E-state index is 0.198. The number of amides is 1. The van der Waals surface area contributed by atoms with Crippen LogP contribution >= 0.6 is 11.6 Å². The molecule has 0 aliphatic rings. The Bertz CT molecular complexity index is 823. The molecule has 0 radical (unpaired) electrons. The molecule has 2 aromatic carbocycles. The predicted molar refractivity (Wildman–Crippen MR) is 88.4 cm³/mol. The zero-order valence-corrected chi connectivity index (χ0v) is 13.0. The molecule has 1 amide bonds. The van der Waals surface area contributed by atoms with Crippen molar-refractivity contribution in [3.8, 4) is 0 Å². The molecule has 0 aliphatic heterocycles. The van der Waals surface area contributed by atoms with Crippen LogP contribution in [-0.4, -0.2) is 12.5 Å². The van der Waals surface area contributed by atoms with Gasteiger partial charge < -0.3 is 9.73 Å². The zero-order valence-electron chi connectivity index (χ0n) is 12.2. The highest BCUT2D eigenvalue weighted by Crippen LogP contribution is 2.20. The first-order valence-corrected chi connectivity index (χ1v) is 7.52. The van der Waals surface area contributed by atoms with Gasteiger partial charge in [-0.15, -0.1) is 0 Å². The Morgan fingerprint density at radius 2 is 2.05 bits per heavy atom. The van der Waals surface area contributed by atoms with Gasteiger partial charge in [0.25, 0.3) is 5.91 Å². The maximum absolute atomic E-state index is 12.1. The van der Waals surface area contributed by atoms with Crippen molar-refractivity contribution in [2.45, 2.75) is 13.3 Å². The number of carbonyl (C=O) groups is 1. The van der Waals surface area contributed by atoms with Crippen molar-refractivity contribution in [2.75, 3.05) is 6.54 Å². The summed E-state index contributed by atoms with van der Waals surface area (Å²) in [5, 5.41) is 4.51. The number of aryl methyl sites for hydroxylation is 1. The third-order valence-corrected chi connectivity index (χ3v) is 3.72. The summed E-state index contributed by atoms with van der Waals surface area (Å²) in [7, 11) is 0. The van der Waals surface area contributed by atoms with Crippen LogP contribution in [0.2, 0.25) is 5.02 Å². The normalized spacial score (nSPS) is 10.8. The van der Waals surface area contributed by atoms with Crippen molar-refractivity contribution in [1.29, 1.82) is 0 Å². The Morgan fingerprint density at radius 3 is 2.86 bits per heavy atom. The summed E-state index contributed by atoms with van der Waals surface area (Å²) >= 11 is 5.94. The van der Waals surface area contributed by atoms with E-state index in [1.807, 2.05) is 49.4 Å². The average molecular weight is 314 g/mol. The molecule has 112 valence electrons. The first-order chi connectivity index (χ1) is 10.6. The molecule has 1 heterocycles. The molecule has 3 rings (SSSR count). The van der Waals surface area contributed by atoms with Crippen molar-refractivity contribution in [3.63, 3.8) is 0 Å². The Kier molecular flexibility index (Phi) is 4.16.